The molecule has 2 amide bonds. The zero-order valence-electron chi connectivity index (χ0n) is 14.9. The maximum Gasteiger partial charge on any atom is 0.323 e. The van der Waals surface area contributed by atoms with E-state index in [9.17, 15) is 14.9 Å². The normalized spacial score (nSPS) is 16.1. The Morgan fingerprint density at radius 2 is 1.96 bits per heavy atom. The minimum absolute atomic E-state index is 0.0243. The number of thioether (sulfide) groups is 1. The first-order valence-corrected chi connectivity index (χ1v) is 9.24. The molecule has 1 saturated heterocycles. The molecule has 0 bridgehead atoms. The van der Waals surface area contributed by atoms with Crippen LogP contribution in [0.15, 0.2) is 42.5 Å². The molecule has 142 valence electrons. The first-order chi connectivity index (χ1) is 13.0. The quantitative estimate of drug-likeness (QED) is 0.616. The standard InChI is InChI=1S/C18H19N3O5S/c1-25-14-7-8-16(26-2)15(11-14)17-20(9-10-27-17)18(22)19-12-3-5-13(6-4-12)21(23)24/h3-8,11,17H,9-10H2,1-2H3,(H,19,22)/t17-/m1/s1. The number of nitrogens with one attached hydrogen (secondary N) is 1. The summed E-state index contributed by atoms with van der Waals surface area (Å²) < 4.78 is 10.7. The number of anilines is 1. The number of nitro benzene ring substituents is 1. The van der Waals surface area contributed by atoms with E-state index in [4.69, 9.17) is 9.47 Å². The van der Waals surface area contributed by atoms with Gasteiger partial charge in [0.25, 0.3) is 5.69 Å². The molecule has 2 aromatic rings. The third-order valence-electron chi connectivity index (χ3n) is 4.18. The van der Waals surface area contributed by atoms with Crippen LogP contribution in [0.4, 0.5) is 16.2 Å². The molecular formula is C18H19N3O5S. The van der Waals surface area contributed by atoms with Gasteiger partial charge in [-0.3, -0.25) is 10.1 Å². The van der Waals surface area contributed by atoms with Gasteiger partial charge in [-0.05, 0) is 30.3 Å². The van der Waals surface area contributed by atoms with E-state index in [2.05, 4.69) is 5.32 Å². The monoisotopic (exact) mass is 389 g/mol. The smallest absolute Gasteiger partial charge is 0.323 e. The van der Waals surface area contributed by atoms with E-state index in [1.165, 1.54) is 24.3 Å². The summed E-state index contributed by atoms with van der Waals surface area (Å²) in [5, 5.41) is 13.3. The number of rotatable bonds is 5. The Hall–Kier alpha value is -2.94. The molecule has 0 aromatic heterocycles. The predicted molar refractivity (Wildman–Crippen MR) is 104 cm³/mol. The summed E-state index contributed by atoms with van der Waals surface area (Å²) in [5.74, 6) is 2.16. The van der Waals surface area contributed by atoms with Gasteiger partial charge in [0.15, 0.2) is 0 Å². The highest BCUT2D eigenvalue weighted by molar-refractivity contribution is 7.99. The van der Waals surface area contributed by atoms with Crippen LogP contribution in [-0.2, 0) is 0 Å². The molecule has 0 spiro atoms. The van der Waals surface area contributed by atoms with Gasteiger partial charge in [0.1, 0.15) is 16.9 Å². The summed E-state index contributed by atoms with van der Waals surface area (Å²) in [4.78, 5) is 24.7. The fourth-order valence-corrected chi connectivity index (χ4v) is 4.10. The van der Waals surface area contributed by atoms with Crippen molar-refractivity contribution in [2.75, 3.05) is 31.8 Å². The highest BCUT2D eigenvalue weighted by atomic mass is 32.2. The second-order valence-corrected chi connectivity index (χ2v) is 6.95. The fourth-order valence-electron chi connectivity index (χ4n) is 2.83. The molecule has 27 heavy (non-hydrogen) atoms. The number of ether oxygens (including phenoxy) is 2. The van der Waals surface area contributed by atoms with Gasteiger partial charge < -0.3 is 19.7 Å². The van der Waals surface area contributed by atoms with Gasteiger partial charge in [-0.25, -0.2) is 4.79 Å². The van der Waals surface area contributed by atoms with Crippen molar-refractivity contribution >= 4 is 29.2 Å². The van der Waals surface area contributed by atoms with E-state index in [1.807, 2.05) is 18.2 Å². The van der Waals surface area contributed by atoms with Crippen LogP contribution in [-0.4, -0.2) is 42.4 Å². The average Bonchev–Trinajstić information content (AvgIpc) is 3.17. The van der Waals surface area contributed by atoms with Gasteiger partial charge >= 0.3 is 6.03 Å². The molecule has 1 aliphatic heterocycles. The lowest BCUT2D eigenvalue weighted by Crippen LogP contribution is -2.34. The number of nitrogens with zero attached hydrogens (tertiary/aromatic N) is 2. The zero-order valence-corrected chi connectivity index (χ0v) is 15.7. The summed E-state index contributed by atoms with van der Waals surface area (Å²) in [6.45, 7) is 0.578. The van der Waals surface area contributed by atoms with Crippen molar-refractivity contribution in [1.29, 1.82) is 0 Å². The van der Waals surface area contributed by atoms with Gasteiger partial charge in [0, 0.05) is 35.7 Å². The molecule has 8 nitrogen and oxygen atoms in total. The SMILES string of the molecule is COc1ccc(OC)c([C@H]2SCCN2C(=O)Nc2ccc([N+](=O)[O-])cc2)c1. The summed E-state index contributed by atoms with van der Waals surface area (Å²) in [6.07, 6.45) is 0. The van der Waals surface area contributed by atoms with Gasteiger partial charge in [0.2, 0.25) is 0 Å². The first kappa shape index (κ1) is 18.8. The van der Waals surface area contributed by atoms with Crippen molar-refractivity contribution in [3.8, 4) is 11.5 Å². The van der Waals surface area contributed by atoms with Crippen molar-refractivity contribution < 1.29 is 19.2 Å². The molecule has 9 heteroatoms. The van der Waals surface area contributed by atoms with Gasteiger partial charge in [0.05, 0.1) is 19.1 Å². The number of nitro groups is 1. The number of hydrogen-bond donors (Lipinski definition) is 1. The molecule has 1 aliphatic rings. The minimum atomic E-state index is -0.478. The van der Waals surface area contributed by atoms with Crippen molar-refractivity contribution in [2.24, 2.45) is 0 Å². The molecular weight excluding hydrogens is 370 g/mol. The number of carbonyl (C=O) groups is 1. The molecule has 0 radical (unpaired) electrons. The van der Waals surface area contributed by atoms with Crippen LogP contribution in [0.2, 0.25) is 0 Å². The van der Waals surface area contributed by atoms with Crippen molar-refractivity contribution in [2.45, 2.75) is 5.37 Å². The van der Waals surface area contributed by atoms with Gasteiger partial charge in [-0.1, -0.05) is 0 Å². The Labute approximate surface area is 160 Å². The fraction of sp³-hybridized carbons (Fsp3) is 0.278. The van der Waals surface area contributed by atoms with E-state index >= 15 is 0 Å². The van der Waals surface area contributed by atoms with Crippen LogP contribution in [0.3, 0.4) is 0 Å². The zero-order chi connectivity index (χ0) is 19.4. The number of non-ortho nitro benzene ring substituents is 1. The molecule has 0 unspecified atom stereocenters. The van der Waals surface area contributed by atoms with Crippen LogP contribution in [0, 0.1) is 10.1 Å². The molecule has 1 fully saturated rings. The number of hydrogen-bond acceptors (Lipinski definition) is 6. The molecule has 2 aromatic carbocycles. The molecule has 1 atom stereocenters. The van der Waals surface area contributed by atoms with Gasteiger partial charge in [-0.15, -0.1) is 11.8 Å². The van der Waals surface area contributed by atoms with Crippen LogP contribution in [0.5, 0.6) is 11.5 Å². The van der Waals surface area contributed by atoms with E-state index in [0.29, 0.717) is 23.7 Å². The lowest BCUT2D eigenvalue weighted by atomic mass is 10.1. The van der Waals surface area contributed by atoms with Crippen molar-refractivity contribution in [3.05, 3.63) is 58.1 Å². The molecule has 1 heterocycles. The number of carbonyl (C=O) groups excluding carboxylic acids is 1. The lowest BCUT2D eigenvalue weighted by molar-refractivity contribution is -0.384. The van der Waals surface area contributed by atoms with Crippen LogP contribution in [0.1, 0.15) is 10.9 Å². The Kier molecular flexibility index (Phi) is 5.70. The first-order valence-electron chi connectivity index (χ1n) is 8.19. The Morgan fingerprint density at radius 1 is 1.22 bits per heavy atom. The summed E-state index contributed by atoms with van der Waals surface area (Å²) in [7, 11) is 3.18. The van der Waals surface area contributed by atoms with E-state index in [1.54, 1.807) is 30.9 Å². The third kappa shape index (κ3) is 4.08. The average molecular weight is 389 g/mol. The summed E-state index contributed by atoms with van der Waals surface area (Å²) >= 11 is 1.64. The third-order valence-corrected chi connectivity index (χ3v) is 5.43. The summed E-state index contributed by atoms with van der Waals surface area (Å²) in [6, 6.07) is 11.0. The maximum atomic E-state index is 12.8. The molecule has 0 saturated carbocycles. The highest BCUT2D eigenvalue weighted by Crippen LogP contribution is 2.43. The van der Waals surface area contributed by atoms with Gasteiger partial charge in [-0.2, -0.15) is 0 Å². The number of methoxy groups -OCH3 is 2. The van der Waals surface area contributed by atoms with E-state index in [0.717, 1.165) is 11.3 Å². The Bertz CT molecular complexity index is 843. The summed E-state index contributed by atoms with van der Waals surface area (Å²) in [5.41, 5.74) is 1.33. The second-order valence-electron chi connectivity index (χ2n) is 5.76. The second kappa shape index (κ2) is 8.17. The van der Waals surface area contributed by atoms with Crippen molar-refractivity contribution in [3.63, 3.8) is 0 Å². The molecule has 0 aliphatic carbocycles. The largest absolute Gasteiger partial charge is 0.497 e. The van der Waals surface area contributed by atoms with E-state index in [-0.39, 0.29) is 17.1 Å². The van der Waals surface area contributed by atoms with E-state index < -0.39 is 4.92 Å². The Balaban J connectivity index is 1.79. The lowest BCUT2D eigenvalue weighted by Gasteiger charge is -2.26. The predicted octanol–water partition coefficient (Wildman–Crippen LogP) is 3.89. The highest BCUT2D eigenvalue weighted by Gasteiger charge is 2.33. The van der Waals surface area contributed by atoms with Crippen LogP contribution in [0.25, 0.3) is 0 Å². The van der Waals surface area contributed by atoms with Crippen LogP contribution >= 0.6 is 11.8 Å². The molecule has 1 N–H and O–H groups in total. The molecule has 3 rings (SSSR count). The Morgan fingerprint density at radius 3 is 2.59 bits per heavy atom. The number of amides is 2. The number of benzene rings is 2. The maximum absolute atomic E-state index is 12.8. The number of urea groups is 1. The van der Waals surface area contributed by atoms with Crippen LogP contribution < -0.4 is 14.8 Å². The topological polar surface area (TPSA) is 93.9 Å². The minimum Gasteiger partial charge on any atom is -0.497 e. The van der Waals surface area contributed by atoms with Crippen molar-refractivity contribution in [1.82, 2.24) is 4.90 Å².